The molecule has 9 nitrogen and oxygen atoms in total. The van der Waals surface area contributed by atoms with E-state index < -0.39 is 16.8 Å². The maximum Gasteiger partial charge on any atom is 0.341 e. The number of carbonyl (C=O) groups is 2. The van der Waals surface area contributed by atoms with Crippen molar-refractivity contribution in [1.29, 1.82) is 0 Å². The number of anilines is 1. The van der Waals surface area contributed by atoms with E-state index in [0.29, 0.717) is 16.8 Å². The van der Waals surface area contributed by atoms with Crippen molar-refractivity contribution in [2.24, 2.45) is 0 Å². The predicted octanol–water partition coefficient (Wildman–Crippen LogP) is 4.71. The summed E-state index contributed by atoms with van der Waals surface area (Å²) in [6.45, 7) is 3.75. The third-order valence-electron chi connectivity index (χ3n) is 4.71. The Labute approximate surface area is 186 Å². The van der Waals surface area contributed by atoms with Crippen LogP contribution in [0.15, 0.2) is 54.2 Å². The minimum atomic E-state index is -0.629. The smallest absolute Gasteiger partial charge is 0.341 e. The molecule has 0 radical (unpaired) electrons. The molecular formula is C22H18N4O5S. The van der Waals surface area contributed by atoms with Crippen LogP contribution in [0.5, 0.6) is 0 Å². The van der Waals surface area contributed by atoms with Crippen LogP contribution in [-0.4, -0.2) is 32.8 Å². The number of carbonyl (C=O) groups excluding carboxylic acids is 2. The number of aryl methyl sites for hydroxylation is 1. The second kappa shape index (κ2) is 8.60. The summed E-state index contributed by atoms with van der Waals surface area (Å²) in [7, 11) is 0. The zero-order valence-electron chi connectivity index (χ0n) is 17.2. The van der Waals surface area contributed by atoms with E-state index in [1.165, 1.54) is 18.2 Å². The molecule has 3 aromatic heterocycles. The van der Waals surface area contributed by atoms with Gasteiger partial charge in [0.15, 0.2) is 0 Å². The zero-order valence-corrected chi connectivity index (χ0v) is 18.0. The molecule has 0 saturated carbocycles. The fourth-order valence-corrected chi connectivity index (χ4v) is 4.17. The lowest BCUT2D eigenvalue weighted by molar-refractivity contribution is -0.384. The maximum absolute atomic E-state index is 12.9. The molecule has 1 amide bonds. The van der Waals surface area contributed by atoms with Gasteiger partial charge in [-0.05, 0) is 37.1 Å². The third-order valence-corrected chi connectivity index (χ3v) is 5.61. The minimum Gasteiger partial charge on any atom is -0.462 e. The van der Waals surface area contributed by atoms with E-state index >= 15 is 0 Å². The normalized spacial score (nSPS) is 10.8. The van der Waals surface area contributed by atoms with Gasteiger partial charge < -0.3 is 14.5 Å². The number of nitro groups is 1. The predicted molar refractivity (Wildman–Crippen MR) is 120 cm³/mol. The highest BCUT2D eigenvalue weighted by atomic mass is 32.1. The standard InChI is InChI=1S/C22H18N4O5S/c1-3-31-22(28)19-16(14-5-4-6-15(10-14)26(29)30)12-32-21(19)24-20(27)17-11-25-8-7-13(2)9-18(25)23-17/h4-12H,3H2,1-2H3,(H,24,27). The molecule has 32 heavy (non-hydrogen) atoms. The first kappa shape index (κ1) is 21.2. The summed E-state index contributed by atoms with van der Waals surface area (Å²) in [5.74, 6) is -1.11. The Balaban J connectivity index is 1.71. The number of fused-ring (bicyclic) bond motifs is 1. The number of ether oxygens (including phenoxy) is 1. The summed E-state index contributed by atoms with van der Waals surface area (Å²) < 4.78 is 6.91. The van der Waals surface area contributed by atoms with Gasteiger partial charge in [0.25, 0.3) is 11.6 Å². The van der Waals surface area contributed by atoms with Crippen LogP contribution in [-0.2, 0) is 4.74 Å². The molecule has 4 rings (SSSR count). The highest BCUT2D eigenvalue weighted by Gasteiger charge is 2.24. The molecule has 0 bridgehead atoms. The number of nitrogens with one attached hydrogen (secondary N) is 1. The van der Waals surface area contributed by atoms with Crippen LogP contribution < -0.4 is 5.32 Å². The fraction of sp³-hybridized carbons (Fsp3) is 0.136. The molecule has 0 fully saturated rings. The van der Waals surface area contributed by atoms with Gasteiger partial charge in [0.2, 0.25) is 0 Å². The van der Waals surface area contributed by atoms with Gasteiger partial charge in [-0.25, -0.2) is 9.78 Å². The summed E-state index contributed by atoms with van der Waals surface area (Å²) in [5, 5.41) is 15.8. The summed E-state index contributed by atoms with van der Waals surface area (Å²) in [4.78, 5) is 40.6. The Morgan fingerprint density at radius 2 is 2.09 bits per heavy atom. The van der Waals surface area contributed by atoms with Gasteiger partial charge >= 0.3 is 5.97 Å². The molecule has 0 aliphatic carbocycles. The Bertz CT molecular complexity index is 1360. The van der Waals surface area contributed by atoms with Gasteiger partial charge in [0.1, 0.15) is 21.9 Å². The van der Waals surface area contributed by atoms with E-state index in [1.807, 2.05) is 25.3 Å². The van der Waals surface area contributed by atoms with E-state index in [-0.39, 0.29) is 28.6 Å². The number of hydrogen-bond donors (Lipinski definition) is 1. The molecule has 0 unspecified atom stereocenters. The van der Waals surface area contributed by atoms with Crippen LogP contribution in [0.1, 0.15) is 33.3 Å². The topological polar surface area (TPSA) is 116 Å². The maximum atomic E-state index is 12.9. The average molecular weight is 450 g/mol. The van der Waals surface area contributed by atoms with Crippen molar-refractivity contribution in [3.63, 3.8) is 0 Å². The lowest BCUT2D eigenvalue weighted by atomic mass is 10.0. The molecular weight excluding hydrogens is 432 g/mol. The number of amides is 1. The van der Waals surface area contributed by atoms with E-state index in [9.17, 15) is 19.7 Å². The van der Waals surface area contributed by atoms with Gasteiger partial charge in [0.05, 0.1) is 11.5 Å². The van der Waals surface area contributed by atoms with Gasteiger partial charge in [-0.3, -0.25) is 14.9 Å². The summed E-state index contributed by atoms with van der Waals surface area (Å²) in [6, 6.07) is 9.70. The molecule has 10 heteroatoms. The van der Waals surface area contributed by atoms with Gasteiger partial charge in [-0.1, -0.05) is 12.1 Å². The molecule has 1 N–H and O–H groups in total. The SMILES string of the molecule is CCOC(=O)c1c(-c2cccc([N+](=O)[O-])c2)csc1NC(=O)c1cn2ccc(C)cc2n1. The molecule has 162 valence electrons. The number of pyridine rings is 1. The van der Waals surface area contributed by atoms with Crippen molar-refractivity contribution in [3.05, 3.63) is 81.1 Å². The minimum absolute atomic E-state index is 0.103. The summed E-state index contributed by atoms with van der Waals surface area (Å²) in [6.07, 6.45) is 3.41. The Hall–Kier alpha value is -4.05. The molecule has 0 atom stereocenters. The number of aromatic nitrogens is 2. The van der Waals surface area contributed by atoms with Crippen molar-refractivity contribution >= 4 is 39.5 Å². The Morgan fingerprint density at radius 3 is 2.84 bits per heavy atom. The van der Waals surface area contributed by atoms with Crippen LogP contribution >= 0.6 is 11.3 Å². The number of benzene rings is 1. The van der Waals surface area contributed by atoms with Gasteiger partial charge in [0, 0.05) is 35.5 Å². The molecule has 0 aliphatic heterocycles. The Morgan fingerprint density at radius 1 is 1.28 bits per heavy atom. The summed E-state index contributed by atoms with van der Waals surface area (Å²) in [5.41, 5.74) is 2.79. The van der Waals surface area contributed by atoms with Crippen molar-refractivity contribution in [2.75, 3.05) is 11.9 Å². The monoisotopic (exact) mass is 450 g/mol. The lowest BCUT2D eigenvalue weighted by Gasteiger charge is -2.08. The number of nitrogens with zero attached hydrogens (tertiary/aromatic N) is 3. The van der Waals surface area contributed by atoms with Crippen LogP contribution in [0.2, 0.25) is 0 Å². The van der Waals surface area contributed by atoms with Crippen LogP contribution in [0, 0.1) is 17.0 Å². The van der Waals surface area contributed by atoms with E-state index in [2.05, 4.69) is 10.3 Å². The van der Waals surface area contributed by atoms with Crippen molar-refractivity contribution in [2.45, 2.75) is 13.8 Å². The number of non-ortho nitro benzene ring substituents is 1. The number of thiophene rings is 1. The second-order valence-electron chi connectivity index (χ2n) is 6.93. The van der Waals surface area contributed by atoms with Crippen molar-refractivity contribution < 1.29 is 19.2 Å². The fourth-order valence-electron chi connectivity index (χ4n) is 3.22. The largest absolute Gasteiger partial charge is 0.462 e. The lowest BCUT2D eigenvalue weighted by Crippen LogP contribution is -2.15. The van der Waals surface area contributed by atoms with Crippen molar-refractivity contribution in [1.82, 2.24) is 9.38 Å². The molecule has 1 aromatic carbocycles. The van der Waals surface area contributed by atoms with Crippen LogP contribution in [0.4, 0.5) is 10.7 Å². The first-order chi connectivity index (χ1) is 15.4. The Kier molecular flexibility index (Phi) is 5.69. The van der Waals surface area contributed by atoms with Gasteiger partial charge in [-0.15, -0.1) is 11.3 Å². The van der Waals surface area contributed by atoms with E-state index in [4.69, 9.17) is 4.74 Å². The molecule has 4 aromatic rings. The number of esters is 1. The third kappa shape index (κ3) is 4.08. The van der Waals surface area contributed by atoms with E-state index in [0.717, 1.165) is 16.9 Å². The first-order valence-electron chi connectivity index (χ1n) is 9.67. The van der Waals surface area contributed by atoms with Crippen molar-refractivity contribution in [3.8, 4) is 11.1 Å². The highest BCUT2D eigenvalue weighted by Crippen LogP contribution is 2.37. The number of hydrogen-bond acceptors (Lipinski definition) is 7. The highest BCUT2D eigenvalue weighted by molar-refractivity contribution is 7.15. The van der Waals surface area contributed by atoms with Gasteiger partial charge in [-0.2, -0.15) is 0 Å². The second-order valence-corrected chi connectivity index (χ2v) is 7.81. The molecule has 3 heterocycles. The molecule has 0 spiro atoms. The number of nitro benzene ring substituents is 1. The average Bonchev–Trinajstić information content (AvgIpc) is 3.38. The first-order valence-corrected chi connectivity index (χ1v) is 10.6. The number of rotatable bonds is 6. The zero-order chi connectivity index (χ0) is 22.8. The van der Waals surface area contributed by atoms with Crippen LogP contribution in [0.25, 0.3) is 16.8 Å². The molecule has 0 saturated heterocycles. The number of imidazole rings is 1. The van der Waals surface area contributed by atoms with E-state index in [1.54, 1.807) is 29.0 Å². The summed E-state index contributed by atoms with van der Waals surface area (Å²) >= 11 is 1.13. The molecule has 0 aliphatic rings. The quantitative estimate of drug-likeness (QED) is 0.258. The van der Waals surface area contributed by atoms with Crippen LogP contribution in [0.3, 0.4) is 0 Å².